The quantitative estimate of drug-likeness (QED) is 0.109. The highest BCUT2D eigenvalue weighted by molar-refractivity contribution is 5.90. The number of benzene rings is 1. The number of methoxy groups -OCH3 is 3. The third kappa shape index (κ3) is 13.3. The van der Waals surface area contributed by atoms with Crippen LogP contribution in [0.25, 0.3) is 0 Å². The fourth-order valence-corrected chi connectivity index (χ4v) is 7.79. The summed E-state index contributed by atoms with van der Waals surface area (Å²) in [6, 6.07) is 6.92. The summed E-state index contributed by atoms with van der Waals surface area (Å²) >= 11 is 0. The van der Waals surface area contributed by atoms with Crippen molar-refractivity contribution in [2.24, 2.45) is 23.2 Å². The van der Waals surface area contributed by atoms with E-state index in [-0.39, 0.29) is 54.3 Å². The standard InChI is InChI=1S/C43H72N4O8/c1-13-15-19-24-43(7,8)42(52)45-36(28(3)4)40(50)46(9)37(29(5)14-2)34(53-10)27-35(48)47-25-20-23-33(47)38(54-11)30(6)39(49)44-32(41(51)55-12)26-31-21-17-16-18-22-31/h16-18,21-22,28-30,32-34,36-38H,13-15,19-20,23-27H2,1-12H3,(H,44,49)(H,45,52)/t29-,30+,32-,33-,34+,36-,37-,38+/m0/s1. The minimum atomic E-state index is -0.887. The molecule has 1 fully saturated rings. The molecule has 1 aliphatic rings. The van der Waals surface area contributed by atoms with E-state index in [4.69, 9.17) is 14.2 Å². The van der Waals surface area contributed by atoms with Crippen LogP contribution in [0, 0.1) is 23.2 Å². The molecule has 0 spiro atoms. The van der Waals surface area contributed by atoms with Gasteiger partial charge in [0, 0.05) is 39.6 Å². The van der Waals surface area contributed by atoms with Crippen LogP contribution in [0.5, 0.6) is 0 Å². The van der Waals surface area contributed by atoms with Crippen LogP contribution in [0.3, 0.4) is 0 Å². The summed E-state index contributed by atoms with van der Waals surface area (Å²) in [5, 5.41) is 5.94. The zero-order chi connectivity index (χ0) is 41.5. The Hall–Kier alpha value is -3.51. The maximum atomic E-state index is 14.3. The third-order valence-electron chi connectivity index (χ3n) is 11.6. The molecule has 312 valence electrons. The van der Waals surface area contributed by atoms with Gasteiger partial charge in [-0.25, -0.2) is 4.79 Å². The van der Waals surface area contributed by atoms with Crippen molar-refractivity contribution in [1.82, 2.24) is 20.4 Å². The number of carbonyl (C=O) groups is 5. The molecule has 4 amide bonds. The van der Waals surface area contributed by atoms with Gasteiger partial charge in [0.1, 0.15) is 12.1 Å². The van der Waals surface area contributed by atoms with Gasteiger partial charge in [-0.3, -0.25) is 19.2 Å². The minimum absolute atomic E-state index is 0.0152. The van der Waals surface area contributed by atoms with Crippen LogP contribution in [0.1, 0.15) is 112 Å². The lowest BCUT2D eigenvalue weighted by molar-refractivity contribution is -0.149. The van der Waals surface area contributed by atoms with Gasteiger partial charge in [-0.05, 0) is 36.7 Å². The molecule has 8 atom stereocenters. The van der Waals surface area contributed by atoms with Crippen LogP contribution in [-0.4, -0.2) is 111 Å². The molecule has 55 heavy (non-hydrogen) atoms. The van der Waals surface area contributed by atoms with Gasteiger partial charge < -0.3 is 34.6 Å². The highest BCUT2D eigenvalue weighted by Gasteiger charge is 2.43. The summed E-state index contributed by atoms with van der Waals surface area (Å²) in [5.41, 5.74) is 0.262. The number of likely N-dealkylation sites (tertiary alicyclic amines) is 1. The molecule has 2 rings (SSSR count). The molecule has 0 bridgehead atoms. The number of hydrogen-bond acceptors (Lipinski definition) is 8. The van der Waals surface area contributed by atoms with E-state index in [0.29, 0.717) is 13.0 Å². The van der Waals surface area contributed by atoms with E-state index in [1.165, 1.54) is 14.2 Å². The van der Waals surface area contributed by atoms with Crippen LogP contribution in [0.2, 0.25) is 0 Å². The molecule has 1 saturated heterocycles. The summed E-state index contributed by atoms with van der Waals surface area (Å²) < 4.78 is 17.0. The van der Waals surface area contributed by atoms with Crippen LogP contribution in [0.15, 0.2) is 30.3 Å². The van der Waals surface area contributed by atoms with E-state index in [1.807, 2.05) is 71.9 Å². The van der Waals surface area contributed by atoms with Gasteiger partial charge in [0.15, 0.2) is 0 Å². The largest absolute Gasteiger partial charge is 0.467 e. The third-order valence-corrected chi connectivity index (χ3v) is 11.6. The van der Waals surface area contributed by atoms with Crippen LogP contribution in [-0.2, 0) is 44.6 Å². The zero-order valence-electron chi connectivity index (χ0n) is 35.8. The number of ether oxygens (including phenoxy) is 3. The van der Waals surface area contributed by atoms with Gasteiger partial charge in [0.2, 0.25) is 23.6 Å². The van der Waals surface area contributed by atoms with Gasteiger partial charge >= 0.3 is 5.97 Å². The lowest BCUT2D eigenvalue weighted by Crippen LogP contribution is -2.58. The van der Waals surface area contributed by atoms with Crippen molar-refractivity contribution in [3.63, 3.8) is 0 Å². The first-order valence-corrected chi connectivity index (χ1v) is 20.3. The molecule has 0 aromatic heterocycles. The number of amides is 4. The van der Waals surface area contributed by atoms with E-state index >= 15 is 0 Å². The van der Waals surface area contributed by atoms with Gasteiger partial charge in [-0.1, -0.05) is 111 Å². The molecule has 1 aromatic rings. The Kier molecular flexibility index (Phi) is 19.8. The molecular weight excluding hydrogens is 700 g/mol. The van der Waals surface area contributed by atoms with Crippen molar-refractivity contribution in [3.8, 4) is 0 Å². The van der Waals surface area contributed by atoms with Crippen molar-refractivity contribution in [2.45, 2.75) is 150 Å². The lowest BCUT2D eigenvalue weighted by Gasteiger charge is -2.41. The summed E-state index contributed by atoms with van der Waals surface area (Å²) in [4.78, 5) is 71.8. The number of likely N-dealkylation sites (N-methyl/N-ethyl adjacent to an activating group) is 1. The lowest BCUT2D eigenvalue weighted by atomic mass is 9.85. The Bertz CT molecular complexity index is 1370. The topological polar surface area (TPSA) is 144 Å². The van der Waals surface area contributed by atoms with Gasteiger partial charge in [-0.15, -0.1) is 0 Å². The number of nitrogens with one attached hydrogen (secondary N) is 2. The number of unbranched alkanes of at least 4 members (excludes halogenated alkanes) is 2. The molecular formula is C43H72N4O8. The summed E-state index contributed by atoms with van der Waals surface area (Å²) in [6.45, 7) is 16.2. The maximum Gasteiger partial charge on any atom is 0.328 e. The molecule has 1 aromatic carbocycles. The number of hydrogen-bond donors (Lipinski definition) is 2. The van der Waals surface area contributed by atoms with Gasteiger partial charge in [0.25, 0.3) is 0 Å². The average molecular weight is 773 g/mol. The van der Waals surface area contributed by atoms with Crippen molar-refractivity contribution in [3.05, 3.63) is 35.9 Å². The van der Waals surface area contributed by atoms with Gasteiger partial charge in [-0.2, -0.15) is 0 Å². The Morgan fingerprint density at radius 1 is 0.945 bits per heavy atom. The molecule has 12 nitrogen and oxygen atoms in total. The van der Waals surface area contributed by atoms with E-state index in [9.17, 15) is 24.0 Å². The van der Waals surface area contributed by atoms with Crippen molar-refractivity contribution < 1.29 is 38.2 Å². The number of rotatable bonds is 23. The van der Waals surface area contributed by atoms with E-state index in [2.05, 4.69) is 17.6 Å². The van der Waals surface area contributed by atoms with Crippen LogP contribution < -0.4 is 10.6 Å². The van der Waals surface area contributed by atoms with Crippen molar-refractivity contribution >= 4 is 29.6 Å². The number of nitrogens with zero attached hydrogens (tertiary/aromatic N) is 2. The van der Waals surface area contributed by atoms with Crippen molar-refractivity contribution in [2.75, 3.05) is 34.9 Å². The Morgan fingerprint density at radius 3 is 2.15 bits per heavy atom. The Balaban J connectivity index is 2.26. The summed E-state index contributed by atoms with van der Waals surface area (Å²) in [6.07, 6.45) is 4.91. The monoisotopic (exact) mass is 773 g/mol. The molecule has 0 radical (unpaired) electrons. The fraction of sp³-hybridized carbons (Fsp3) is 0.744. The predicted molar refractivity (Wildman–Crippen MR) is 215 cm³/mol. The van der Waals surface area contributed by atoms with Crippen LogP contribution in [0.4, 0.5) is 0 Å². The molecule has 0 aliphatic carbocycles. The van der Waals surface area contributed by atoms with Gasteiger partial charge in [0.05, 0.1) is 43.7 Å². The summed E-state index contributed by atoms with van der Waals surface area (Å²) in [7, 11) is 6.12. The Morgan fingerprint density at radius 2 is 1.60 bits per heavy atom. The number of carbonyl (C=O) groups excluding carboxylic acids is 5. The Labute approximate surface area is 331 Å². The smallest absolute Gasteiger partial charge is 0.328 e. The molecule has 12 heteroatoms. The van der Waals surface area contributed by atoms with Crippen molar-refractivity contribution in [1.29, 1.82) is 0 Å². The SMILES string of the molecule is CCCCCC(C)(C)C(=O)N[C@H](C(=O)N(C)[C@@H]([C@@H](C)CC)[C@@H](CC(=O)N1CCC[C@H]1[C@H](OC)[C@@H](C)C(=O)N[C@@H](Cc1ccccc1)C(=O)OC)OC)C(C)C. The second-order valence-electron chi connectivity index (χ2n) is 16.4. The molecule has 1 heterocycles. The average Bonchev–Trinajstić information content (AvgIpc) is 3.65. The fourth-order valence-electron chi connectivity index (χ4n) is 7.79. The first kappa shape index (κ1) is 47.6. The second-order valence-corrected chi connectivity index (χ2v) is 16.4. The normalized spacial score (nSPS) is 18.4. The maximum absolute atomic E-state index is 14.3. The molecule has 2 N–H and O–H groups in total. The molecule has 1 aliphatic heterocycles. The number of esters is 1. The zero-order valence-corrected chi connectivity index (χ0v) is 35.8. The molecule has 0 unspecified atom stereocenters. The predicted octanol–water partition coefficient (Wildman–Crippen LogP) is 5.55. The van der Waals surface area contributed by atoms with Crippen LogP contribution >= 0.6 is 0 Å². The van der Waals surface area contributed by atoms with E-state index in [0.717, 1.165) is 44.1 Å². The van der Waals surface area contributed by atoms with E-state index < -0.39 is 47.6 Å². The summed E-state index contributed by atoms with van der Waals surface area (Å²) in [5.74, 6) is -2.32. The minimum Gasteiger partial charge on any atom is -0.467 e. The van der Waals surface area contributed by atoms with E-state index in [1.54, 1.807) is 30.9 Å². The first-order chi connectivity index (χ1) is 26.0. The first-order valence-electron chi connectivity index (χ1n) is 20.3. The second kappa shape index (κ2) is 22.9. The molecule has 0 saturated carbocycles. The highest BCUT2D eigenvalue weighted by Crippen LogP contribution is 2.30. The highest BCUT2D eigenvalue weighted by atomic mass is 16.5.